The van der Waals surface area contributed by atoms with Crippen LogP contribution in [0.5, 0.6) is 0 Å². The van der Waals surface area contributed by atoms with Crippen LogP contribution in [0.25, 0.3) is 28.2 Å². The van der Waals surface area contributed by atoms with Crippen LogP contribution in [-0.2, 0) is 5.75 Å². The second-order valence-electron chi connectivity index (χ2n) is 7.26. The molecule has 0 N–H and O–H groups in total. The maximum absolute atomic E-state index is 12.5. The molecule has 0 bridgehead atoms. The highest BCUT2D eigenvalue weighted by atomic mass is 32.2. The van der Waals surface area contributed by atoms with Gasteiger partial charge in [0.25, 0.3) is 5.56 Å². The quantitative estimate of drug-likeness (QED) is 0.367. The predicted octanol–water partition coefficient (Wildman–Crippen LogP) is 4.81. The molecule has 5 aromatic rings. The van der Waals surface area contributed by atoms with Crippen molar-refractivity contribution in [1.82, 2.24) is 24.6 Å². The van der Waals surface area contributed by atoms with Gasteiger partial charge in [0, 0.05) is 28.6 Å². The fraction of sp³-hybridized carbons (Fsp3) is 0.0800. The van der Waals surface area contributed by atoms with E-state index in [4.69, 9.17) is 4.98 Å². The van der Waals surface area contributed by atoms with Crippen molar-refractivity contribution in [3.05, 3.63) is 107 Å². The maximum atomic E-state index is 12.5. The minimum atomic E-state index is -0.0906. The largest absolute Gasteiger partial charge is 0.269 e. The van der Waals surface area contributed by atoms with Crippen LogP contribution in [0.15, 0.2) is 94.9 Å². The van der Waals surface area contributed by atoms with Gasteiger partial charge in [0.2, 0.25) is 5.16 Å². The summed E-state index contributed by atoms with van der Waals surface area (Å²) >= 11 is 1.41. The first-order chi connectivity index (χ1) is 15.7. The molecule has 0 radical (unpaired) electrons. The number of hydrogen-bond donors (Lipinski definition) is 0. The maximum Gasteiger partial charge on any atom is 0.258 e. The van der Waals surface area contributed by atoms with Crippen molar-refractivity contribution in [2.75, 3.05) is 0 Å². The summed E-state index contributed by atoms with van der Waals surface area (Å²) in [7, 11) is 0. The molecule has 0 unspecified atom stereocenters. The van der Waals surface area contributed by atoms with Crippen molar-refractivity contribution in [3.63, 3.8) is 0 Å². The Kier molecular flexibility index (Phi) is 5.47. The summed E-state index contributed by atoms with van der Waals surface area (Å²) in [4.78, 5) is 22.0. The van der Waals surface area contributed by atoms with Crippen molar-refractivity contribution < 1.29 is 0 Å². The summed E-state index contributed by atoms with van der Waals surface area (Å²) in [5, 5.41) is 9.38. The van der Waals surface area contributed by atoms with E-state index in [0.717, 1.165) is 28.2 Å². The summed E-state index contributed by atoms with van der Waals surface area (Å²) in [5.41, 5.74) is 5.53. The Morgan fingerprint density at radius 2 is 1.47 bits per heavy atom. The monoisotopic (exact) mass is 437 g/mol. The molecule has 6 nitrogen and oxygen atoms in total. The molecule has 0 aliphatic rings. The van der Waals surface area contributed by atoms with Crippen molar-refractivity contribution in [1.29, 1.82) is 0 Å². The Balaban J connectivity index is 1.49. The first kappa shape index (κ1) is 20.1. The van der Waals surface area contributed by atoms with Crippen molar-refractivity contribution in [2.45, 2.75) is 17.8 Å². The summed E-state index contributed by atoms with van der Waals surface area (Å²) in [5.74, 6) is 0.472. The summed E-state index contributed by atoms with van der Waals surface area (Å²) in [6.07, 6.45) is 0. The Bertz CT molecular complexity index is 1450. The minimum Gasteiger partial charge on any atom is -0.269 e. The number of aromatic nitrogens is 5. The van der Waals surface area contributed by atoms with E-state index in [1.54, 1.807) is 10.5 Å². The SMILES string of the molecule is Cc1cccc2nc(CSc3nnc(-c4ccccc4)c(-c4ccccc4)n3)cc(=O)n12. The highest BCUT2D eigenvalue weighted by Gasteiger charge is 2.14. The third-order valence-corrected chi connectivity index (χ3v) is 5.92. The van der Waals surface area contributed by atoms with Crippen LogP contribution in [0.3, 0.4) is 0 Å². The lowest BCUT2D eigenvalue weighted by atomic mass is 10.0. The van der Waals surface area contributed by atoms with Gasteiger partial charge < -0.3 is 0 Å². The van der Waals surface area contributed by atoms with Crippen molar-refractivity contribution in [3.8, 4) is 22.5 Å². The number of aryl methyl sites for hydroxylation is 1. The molecule has 32 heavy (non-hydrogen) atoms. The van der Waals surface area contributed by atoms with Gasteiger partial charge in [0.1, 0.15) is 17.0 Å². The van der Waals surface area contributed by atoms with Gasteiger partial charge in [-0.3, -0.25) is 9.20 Å². The normalized spacial score (nSPS) is 11.0. The Morgan fingerprint density at radius 3 is 2.19 bits per heavy atom. The fourth-order valence-electron chi connectivity index (χ4n) is 3.54. The van der Waals surface area contributed by atoms with Crippen LogP contribution >= 0.6 is 11.8 Å². The van der Waals surface area contributed by atoms with Gasteiger partial charge in [-0.2, -0.15) is 0 Å². The number of benzene rings is 2. The number of pyridine rings is 1. The zero-order valence-corrected chi connectivity index (χ0v) is 18.2. The van der Waals surface area contributed by atoms with E-state index < -0.39 is 0 Å². The number of fused-ring (bicyclic) bond motifs is 1. The standard InChI is InChI=1S/C25H19N5OS/c1-17-9-8-14-21-26-20(15-22(31)30(17)21)16-32-25-27-23(18-10-4-2-5-11-18)24(28-29-25)19-12-6-3-7-13-19/h2-15H,16H2,1H3. The number of rotatable bonds is 5. The van der Waals surface area contributed by atoms with Gasteiger partial charge in [-0.05, 0) is 19.1 Å². The molecule has 7 heteroatoms. The Labute approximate surface area is 189 Å². The molecule has 0 amide bonds. The molecule has 0 aliphatic heterocycles. The lowest BCUT2D eigenvalue weighted by Crippen LogP contribution is -2.17. The number of hydrogen-bond acceptors (Lipinski definition) is 6. The van der Waals surface area contributed by atoms with Crippen molar-refractivity contribution >= 4 is 17.4 Å². The van der Waals surface area contributed by atoms with Gasteiger partial charge in [0.05, 0.1) is 5.69 Å². The second-order valence-corrected chi connectivity index (χ2v) is 8.20. The fourth-order valence-corrected chi connectivity index (χ4v) is 4.22. The van der Waals surface area contributed by atoms with Crippen LogP contribution in [-0.4, -0.2) is 24.6 Å². The van der Waals surface area contributed by atoms with E-state index in [9.17, 15) is 4.79 Å². The van der Waals surface area contributed by atoms with Gasteiger partial charge in [-0.25, -0.2) is 9.97 Å². The molecule has 0 spiro atoms. The van der Waals surface area contributed by atoms with E-state index in [1.165, 1.54) is 11.8 Å². The van der Waals surface area contributed by atoms with Gasteiger partial charge in [0.15, 0.2) is 0 Å². The minimum absolute atomic E-state index is 0.0906. The smallest absolute Gasteiger partial charge is 0.258 e. The Hall–Kier alpha value is -3.84. The summed E-state index contributed by atoms with van der Waals surface area (Å²) in [6, 6.07) is 27.1. The molecular weight excluding hydrogens is 418 g/mol. The molecule has 0 saturated heterocycles. The van der Waals surface area contributed by atoms with Crippen molar-refractivity contribution in [2.24, 2.45) is 0 Å². The molecule has 3 heterocycles. The lowest BCUT2D eigenvalue weighted by Gasteiger charge is -2.10. The first-order valence-electron chi connectivity index (χ1n) is 10.2. The molecule has 0 aliphatic carbocycles. The van der Waals surface area contributed by atoms with E-state index in [-0.39, 0.29) is 5.56 Å². The average molecular weight is 438 g/mol. The summed E-state index contributed by atoms with van der Waals surface area (Å²) in [6.45, 7) is 1.89. The van der Waals surface area contributed by atoms with Crippen LogP contribution in [0.4, 0.5) is 0 Å². The van der Waals surface area contributed by atoms with Crippen LogP contribution in [0, 0.1) is 6.92 Å². The van der Waals surface area contributed by atoms with Gasteiger partial charge in [-0.1, -0.05) is 78.5 Å². The molecule has 5 rings (SSSR count). The van der Waals surface area contributed by atoms with E-state index >= 15 is 0 Å². The third-order valence-electron chi connectivity index (χ3n) is 5.04. The first-order valence-corrected chi connectivity index (χ1v) is 11.1. The zero-order chi connectivity index (χ0) is 21.9. The van der Waals surface area contributed by atoms with E-state index in [2.05, 4.69) is 15.2 Å². The van der Waals surface area contributed by atoms with Gasteiger partial charge in [-0.15, -0.1) is 10.2 Å². The zero-order valence-electron chi connectivity index (χ0n) is 17.3. The number of nitrogens with zero attached hydrogens (tertiary/aromatic N) is 5. The van der Waals surface area contributed by atoms with Crippen LogP contribution < -0.4 is 5.56 Å². The highest BCUT2D eigenvalue weighted by Crippen LogP contribution is 2.30. The summed E-state index contributed by atoms with van der Waals surface area (Å²) < 4.78 is 1.61. The molecule has 156 valence electrons. The molecule has 0 saturated carbocycles. The molecule has 3 aromatic heterocycles. The molecular formula is C25H19N5OS. The third kappa shape index (κ3) is 4.02. The topological polar surface area (TPSA) is 73.0 Å². The average Bonchev–Trinajstić information content (AvgIpc) is 2.83. The second kappa shape index (κ2) is 8.72. The Morgan fingerprint density at radius 1 is 0.781 bits per heavy atom. The van der Waals surface area contributed by atoms with Crippen LogP contribution in [0.2, 0.25) is 0 Å². The highest BCUT2D eigenvalue weighted by molar-refractivity contribution is 7.98. The lowest BCUT2D eigenvalue weighted by molar-refractivity contribution is 0.849. The molecule has 0 fully saturated rings. The predicted molar refractivity (Wildman–Crippen MR) is 126 cm³/mol. The molecule has 2 aromatic carbocycles. The van der Waals surface area contributed by atoms with E-state index in [1.807, 2.05) is 85.8 Å². The molecule has 0 atom stereocenters. The van der Waals surface area contributed by atoms with Gasteiger partial charge >= 0.3 is 0 Å². The van der Waals surface area contributed by atoms with Crippen LogP contribution in [0.1, 0.15) is 11.4 Å². The number of thioether (sulfide) groups is 1. The van der Waals surface area contributed by atoms with E-state index in [0.29, 0.717) is 22.3 Å².